The van der Waals surface area contributed by atoms with Crippen molar-refractivity contribution < 1.29 is 22.7 Å². The number of nitrogens with one attached hydrogen (secondary N) is 4. The molecule has 0 radical (unpaired) electrons. The molecule has 1 spiro atoms. The molecule has 5 aliphatic rings. The third-order valence-corrected chi connectivity index (χ3v) is 11.3. The first-order valence-electron chi connectivity index (χ1n) is 13.9. The Hall–Kier alpha value is -3.16. The van der Waals surface area contributed by atoms with Crippen molar-refractivity contribution in [3.63, 3.8) is 0 Å². The van der Waals surface area contributed by atoms with E-state index in [1.54, 1.807) is 14.2 Å². The number of hydrazine groups is 1. The number of fused-ring (bicyclic) bond motifs is 3. The molecule has 1 amide bonds. The van der Waals surface area contributed by atoms with Crippen LogP contribution < -0.4 is 35.9 Å². The molecule has 1 aromatic carbocycles. The maximum atomic E-state index is 13.1. The fraction of sp³-hybridized carbons (Fsp3) is 0.593. The molecular weight excluding hydrogens is 534 g/mol. The number of methoxy groups -OCH3 is 2. The molecule has 4 N–H and O–H groups in total. The molecule has 2 aliphatic carbocycles. The molecule has 2 aromatic rings. The minimum atomic E-state index is -3.01. The Balaban J connectivity index is 1.04. The lowest BCUT2D eigenvalue weighted by Gasteiger charge is -2.34. The van der Waals surface area contributed by atoms with Gasteiger partial charge >= 0.3 is 0 Å². The van der Waals surface area contributed by atoms with Crippen LogP contribution in [-0.4, -0.2) is 75.3 Å². The summed E-state index contributed by atoms with van der Waals surface area (Å²) in [6.45, 7) is 0.755. The Morgan fingerprint density at radius 2 is 1.93 bits per heavy atom. The number of hydrogen-bond acceptors (Lipinski definition) is 11. The molecule has 1 aromatic heterocycles. The van der Waals surface area contributed by atoms with Crippen molar-refractivity contribution in [3.05, 3.63) is 30.1 Å². The number of sulfone groups is 1. The smallest absolute Gasteiger partial charge is 0.235 e. The predicted octanol–water partition coefficient (Wildman–Crippen LogP) is 1.27. The summed E-state index contributed by atoms with van der Waals surface area (Å²) in [5, 5.41) is 6.63. The van der Waals surface area contributed by atoms with Crippen LogP contribution in [0.4, 0.5) is 17.3 Å². The second kappa shape index (κ2) is 9.45. The highest BCUT2D eigenvalue weighted by Gasteiger charge is 2.67. The first-order valence-corrected chi connectivity index (χ1v) is 15.8. The van der Waals surface area contributed by atoms with E-state index in [0.29, 0.717) is 48.2 Å². The Labute approximate surface area is 233 Å². The van der Waals surface area contributed by atoms with Crippen LogP contribution in [0.5, 0.6) is 11.5 Å². The number of ether oxygens (including phenoxy) is 2. The standard InChI is InChI=1S/C27H35N7O5S/c1-38-16-4-6-20-18(12-16)27(26(35)30-20)13-19(27)15-3-5-17-21(11-15)32-33-23(17)31-24-22(39-2)25(29-14-28-24)34-7-9-40(36,37)10-8-34/h4,6,12,14-15,17,19,21,23,32-33H,3,5,7-11,13H2,1-2H3,(H,30,35)(H,28,29,31)/t15?,17?,19-,21?,23?,27-/m0/s1. The highest BCUT2D eigenvalue weighted by molar-refractivity contribution is 7.91. The second-order valence-corrected chi connectivity index (χ2v) is 13.9. The van der Waals surface area contributed by atoms with E-state index >= 15 is 0 Å². The predicted molar refractivity (Wildman–Crippen MR) is 149 cm³/mol. The highest BCUT2D eigenvalue weighted by atomic mass is 32.2. The summed E-state index contributed by atoms with van der Waals surface area (Å²) >= 11 is 0. The van der Waals surface area contributed by atoms with Crippen LogP contribution >= 0.6 is 0 Å². The van der Waals surface area contributed by atoms with Crippen molar-refractivity contribution in [1.29, 1.82) is 0 Å². The molecule has 3 aliphatic heterocycles. The summed E-state index contributed by atoms with van der Waals surface area (Å²) in [6.07, 6.45) is 5.37. The molecule has 4 unspecified atom stereocenters. The normalized spacial score (nSPS) is 33.7. The van der Waals surface area contributed by atoms with Crippen molar-refractivity contribution >= 4 is 33.1 Å². The highest BCUT2D eigenvalue weighted by Crippen LogP contribution is 2.65. The van der Waals surface area contributed by atoms with Gasteiger partial charge < -0.3 is 25.0 Å². The fourth-order valence-electron chi connectivity index (χ4n) is 7.47. The van der Waals surface area contributed by atoms with Gasteiger partial charge in [-0.25, -0.2) is 23.8 Å². The minimum Gasteiger partial charge on any atom is -0.497 e. The lowest BCUT2D eigenvalue weighted by Crippen LogP contribution is -2.41. The van der Waals surface area contributed by atoms with Gasteiger partial charge in [0.05, 0.1) is 37.3 Å². The molecule has 214 valence electrons. The van der Waals surface area contributed by atoms with Crippen molar-refractivity contribution in [3.8, 4) is 11.5 Å². The summed E-state index contributed by atoms with van der Waals surface area (Å²) in [5.74, 6) is 3.92. The summed E-state index contributed by atoms with van der Waals surface area (Å²) in [4.78, 5) is 24.0. The summed E-state index contributed by atoms with van der Waals surface area (Å²) in [5.41, 5.74) is 8.49. The topological polar surface area (TPSA) is 147 Å². The van der Waals surface area contributed by atoms with Crippen LogP contribution in [0, 0.1) is 17.8 Å². The summed E-state index contributed by atoms with van der Waals surface area (Å²) < 4.78 is 35.0. The van der Waals surface area contributed by atoms with Crippen LogP contribution in [0.15, 0.2) is 24.5 Å². The molecule has 40 heavy (non-hydrogen) atoms. The van der Waals surface area contributed by atoms with Gasteiger partial charge in [0.15, 0.2) is 21.5 Å². The number of anilines is 3. The Bertz CT molecular complexity index is 1440. The molecular formula is C27H35N7O5S. The van der Waals surface area contributed by atoms with E-state index in [1.807, 2.05) is 23.1 Å². The Kier molecular flexibility index (Phi) is 6.09. The monoisotopic (exact) mass is 569 g/mol. The van der Waals surface area contributed by atoms with Gasteiger partial charge in [-0.1, -0.05) is 0 Å². The molecule has 4 heterocycles. The van der Waals surface area contributed by atoms with Gasteiger partial charge in [0.1, 0.15) is 12.1 Å². The largest absolute Gasteiger partial charge is 0.497 e. The SMILES string of the molecule is COc1ccc2c(c1)[C@]1(C[C@H]1C1CCC3C(C1)NNC3Nc1ncnc(N3CCS(=O)(=O)CC3)c1OC)C(=O)N2. The van der Waals surface area contributed by atoms with Gasteiger partial charge in [-0.2, -0.15) is 0 Å². The number of benzene rings is 1. The van der Waals surface area contributed by atoms with Crippen LogP contribution in [0.1, 0.15) is 31.2 Å². The lowest BCUT2D eigenvalue weighted by molar-refractivity contribution is -0.118. The zero-order chi connectivity index (χ0) is 27.6. The zero-order valence-electron chi connectivity index (χ0n) is 22.6. The Morgan fingerprint density at radius 1 is 1.10 bits per heavy atom. The van der Waals surface area contributed by atoms with Crippen LogP contribution in [-0.2, 0) is 20.0 Å². The van der Waals surface area contributed by atoms with Crippen LogP contribution in [0.25, 0.3) is 0 Å². The first-order chi connectivity index (χ1) is 19.3. The van der Waals surface area contributed by atoms with Crippen LogP contribution in [0.2, 0.25) is 0 Å². The quantitative estimate of drug-likeness (QED) is 0.399. The van der Waals surface area contributed by atoms with E-state index in [2.05, 4.69) is 31.5 Å². The summed E-state index contributed by atoms with van der Waals surface area (Å²) in [7, 11) is 0.235. The van der Waals surface area contributed by atoms with E-state index in [-0.39, 0.29) is 29.6 Å². The van der Waals surface area contributed by atoms with E-state index < -0.39 is 15.3 Å². The number of aromatic nitrogens is 2. The Morgan fingerprint density at radius 3 is 2.70 bits per heavy atom. The van der Waals surface area contributed by atoms with Crippen molar-refractivity contribution in [2.45, 2.75) is 43.3 Å². The zero-order valence-corrected chi connectivity index (χ0v) is 23.5. The first kappa shape index (κ1) is 25.8. The number of nitrogens with zero attached hydrogens (tertiary/aromatic N) is 3. The number of rotatable bonds is 6. The molecule has 12 nitrogen and oxygen atoms in total. The molecule has 7 rings (SSSR count). The summed E-state index contributed by atoms with van der Waals surface area (Å²) in [6, 6.07) is 6.14. The maximum Gasteiger partial charge on any atom is 0.235 e. The van der Waals surface area contributed by atoms with Gasteiger partial charge in [-0.15, -0.1) is 0 Å². The number of carbonyl (C=O) groups is 1. The van der Waals surface area contributed by atoms with Gasteiger partial charge in [0, 0.05) is 30.7 Å². The average molecular weight is 570 g/mol. The third-order valence-electron chi connectivity index (χ3n) is 9.67. The maximum absolute atomic E-state index is 13.1. The molecule has 0 bridgehead atoms. The minimum absolute atomic E-state index is 0.0581. The second-order valence-electron chi connectivity index (χ2n) is 11.6. The molecule has 6 atom stereocenters. The number of amides is 1. The van der Waals surface area contributed by atoms with E-state index in [0.717, 1.165) is 42.7 Å². The van der Waals surface area contributed by atoms with Crippen molar-refractivity contribution in [1.82, 2.24) is 20.8 Å². The van der Waals surface area contributed by atoms with Crippen molar-refractivity contribution in [2.75, 3.05) is 54.3 Å². The van der Waals surface area contributed by atoms with Gasteiger partial charge in [-0.05, 0) is 61.3 Å². The molecule has 2 saturated carbocycles. The van der Waals surface area contributed by atoms with Crippen molar-refractivity contribution in [2.24, 2.45) is 17.8 Å². The van der Waals surface area contributed by atoms with E-state index in [1.165, 1.54) is 6.33 Å². The van der Waals surface area contributed by atoms with Gasteiger partial charge in [0.2, 0.25) is 11.7 Å². The molecule has 4 fully saturated rings. The van der Waals surface area contributed by atoms with E-state index in [9.17, 15) is 13.2 Å². The lowest BCUT2D eigenvalue weighted by atomic mass is 9.74. The van der Waals surface area contributed by atoms with Crippen LogP contribution in [0.3, 0.4) is 0 Å². The average Bonchev–Trinajstić information content (AvgIpc) is 3.51. The number of hydrogen-bond donors (Lipinski definition) is 4. The van der Waals surface area contributed by atoms with E-state index in [4.69, 9.17) is 9.47 Å². The fourth-order valence-corrected chi connectivity index (χ4v) is 8.67. The molecule has 2 saturated heterocycles. The number of carbonyl (C=O) groups excluding carboxylic acids is 1. The molecule has 13 heteroatoms. The van der Waals surface area contributed by atoms with Gasteiger partial charge in [-0.3, -0.25) is 10.2 Å². The third kappa shape index (κ3) is 4.08. The van der Waals surface area contributed by atoms with Gasteiger partial charge in [0.25, 0.3) is 0 Å².